The van der Waals surface area contributed by atoms with Gasteiger partial charge in [-0.2, -0.15) is 0 Å². The van der Waals surface area contributed by atoms with E-state index in [0.717, 1.165) is 5.56 Å². The van der Waals surface area contributed by atoms with Gasteiger partial charge in [-0.1, -0.05) is 30.3 Å². The predicted octanol–water partition coefficient (Wildman–Crippen LogP) is -0.213. The SMILES string of the molecule is CNC(=O)C(NC(=O)CN1CCC(C(N)=O)CC1)c1ccccc1. The number of carbonyl (C=O) groups excluding carboxylic acids is 3. The van der Waals surface area contributed by atoms with E-state index in [9.17, 15) is 14.4 Å². The molecule has 1 unspecified atom stereocenters. The quantitative estimate of drug-likeness (QED) is 0.670. The molecule has 3 amide bonds. The van der Waals surface area contributed by atoms with Crippen LogP contribution in [0.3, 0.4) is 0 Å². The molecular weight excluding hydrogens is 308 g/mol. The van der Waals surface area contributed by atoms with Crippen LogP contribution in [0.5, 0.6) is 0 Å². The highest BCUT2D eigenvalue weighted by Crippen LogP contribution is 2.17. The Kier molecular flexibility index (Phi) is 6.31. The number of hydrogen-bond donors (Lipinski definition) is 3. The minimum absolute atomic E-state index is 0.104. The number of nitrogens with one attached hydrogen (secondary N) is 2. The molecule has 4 N–H and O–H groups in total. The van der Waals surface area contributed by atoms with Crippen molar-refractivity contribution in [2.75, 3.05) is 26.7 Å². The fourth-order valence-electron chi connectivity index (χ4n) is 2.88. The normalized spacial score (nSPS) is 17.0. The summed E-state index contributed by atoms with van der Waals surface area (Å²) in [7, 11) is 1.54. The first-order chi connectivity index (χ1) is 11.5. The van der Waals surface area contributed by atoms with Gasteiger partial charge in [0, 0.05) is 13.0 Å². The van der Waals surface area contributed by atoms with Crippen LogP contribution in [0.25, 0.3) is 0 Å². The van der Waals surface area contributed by atoms with Crippen LogP contribution in [0.2, 0.25) is 0 Å². The third kappa shape index (κ3) is 4.79. The van der Waals surface area contributed by atoms with E-state index in [1.54, 1.807) is 19.2 Å². The Hall–Kier alpha value is -2.41. The molecule has 0 radical (unpaired) electrons. The molecule has 2 rings (SSSR count). The van der Waals surface area contributed by atoms with E-state index < -0.39 is 6.04 Å². The van der Waals surface area contributed by atoms with Crippen molar-refractivity contribution in [2.45, 2.75) is 18.9 Å². The van der Waals surface area contributed by atoms with Gasteiger partial charge in [-0.15, -0.1) is 0 Å². The van der Waals surface area contributed by atoms with Gasteiger partial charge in [0.2, 0.25) is 17.7 Å². The first-order valence-electron chi connectivity index (χ1n) is 8.09. The van der Waals surface area contributed by atoms with E-state index in [-0.39, 0.29) is 30.2 Å². The average Bonchev–Trinajstić information content (AvgIpc) is 2.60. The number of piperidine rings is 1. The van der Waals surface area contributed by atoms with Gasteiger partial charge in [-0.05, 0) is 31.5 Å². The van der Waals surface area contributed by atoms with Gasteiger partial charge in [0.25, 0.3) is 0 Å². The van der Waals surface area contributed by atoms with Gasteiger partial charge in [0.15, 0.2) is 0 Å². The maximum Gasteiger partial charge on any atom is 0.246 e. The van der Waals surface area contributed by atoms with E-state index in [2.05, 4.69) is 10.6 Å². The molecule has 0 spiro atoms. The van der Waals surface area contributed by atoms with E-state index in [4.69, 9.17) is 5.73 Å². The van der Waals surface area contributed by atoms with Crippen LogP contribution in [-0.2, 0) is 14.4 Å². The zero-order valence-electron chi connectivity index (χ0n) is 13.8. The van der Waals surface area contributed by atoms with E-state index in [1.807, 2.05) is 23.1 Å². The number of nitrogens with zero attached hydrogens (tertiary/aromatic N) is 1. The Morgan fingerprint density at radius 1 is 1.21 bits per heavy atom. The molecular formula is C17H24N4O3. The Morgan fingerprint density at radius 3 is 2.38 bits per heavy atom. The molecule has 1 atom stereocenters. The van der Waals surface area contributed by atoms with Crippen LogP contribution in [0, 0.1) is 5.92 Å². The van der Waals surface area contributed by atoms with E-state index in [1.165, 1.54) is 0 Å². The summed E-state index contributed by atoms with van der Waals surface area (Å²) < 4.78 is 0. The lowest BCUT2D eigenvalue weighted by Gasteiger charge is -2.30. The molecule has 1 heterocycles. The molecule has 1 aromatic rings. The summed E-state index contributed by atoms with van der Waals surface area (Å²) in [6, 6.07) is 8.40. The van der Waals surface area contributed by atoms with Crippen molar-refractivity contribution in [3.05, 3.63) is 35.9 Å². The van der Waals surface area contributed by atoms with Crippen molar-refractivity contribution in [3.63, 3.8) is 0 Å². The van der Waals surface area contributed by atoms with Crippen molar-refractivity contribution < 1.29 is 14.4 Å². The fraction of sp³-hybridized carbons (Fsp3) is 0.471. The van der Waals surface area contributed by atoms with Gasteiger partial charge in [0.1, 0.15) is 6.04 Å². The van der Waals surface area contributed by atoms with Crippen LogP contribution in [-0.4, -0.2) is 49.3 Å². The molecule has 1 fully saturated rings. The van der Waals surface area contributed by atoms with Crippen LogP contribution in [0.4, 0.5) is 0 Å². The molecule has 0 bridgehead atoms. The van der Waals surface area contributed by atoms with Crippen LogP contribution < -0.4 is 16.4 Å². The highest BCUT2D eigenvalue weighted by Gasteiger charge is 2.26. The number of hydrogen-bond acceptors (Lipinski definition) is 4. The molecule has 1 aromatic carbocycles. The summed E-state index contributed by atoms with van der Waals surface area (Å²) in [4.78, 5) is 37.5. The summed E-state index contributed by atoms with van der Waals surface area (Å²) >= 11 is 0. The van der Waals surface area contributed by atoms with Crippen molar-refractivity contribution >= 4 is 17.7 Å². The Bertz CT molecular complexity index is 583. The van der Waals surface area contributed by atoms with Crippen molar-refractivity contribution in [3.8, 4) is 0 Å². The lowest BCUT2D eigenvalue weighted by molar-refractivity contribution is -0.130. The molecule has 1 saturated heterocycles. The molecule has 24 heavy (non-hydrogen) atoms. The summed E-state index contributed by atoms with van der Waals surface area (Å²) in [5, 5.41) is 5.35. The van der Waals surface area contributed by atoms with Crippen molar-refractivity contribution in [2.24, 2.45) is 11.7 Å². The fourth-order valence-corrected chi connectivity index (χ4v) is 2.88. The predicted molar refractivity (Wildman–Crippen MR) is 89.8 cm³/mol. The first-order valence-corrected chi connectivity index (χ1v) is 8.09. The highest BCUT2D eigenvalue weighted by molar-refractivity contribution is 5.89. The number of primary amides is 1. The van der Waals surface area contributed by atoms with E-state index >= 15 is 0 Å². The number of likely N-dealkylation sites (N-methyl/N-ethyl adjacent to an activating group) is 1. The number of carbonyl (C=O) groups is 3. The average molecular weight is 332 g/mol. The van der Waals surface area contributed by atoms with Crippen LogP contribution in [0.15, 0.2) is 30.3 Å². The number of nitrogens with two attached hydrogens (primary N) is 1. The van der Waals surface area contributed by atoms with Gasteiger partial charge >= 0.3 is 0 Å². The standard InChI is InChI=1S/C17H24N4O3/c1-19-17(24)15(12-5-3-2-4-6-12)20-14(22)11-21-9-7-13(8-10-21)16(18)23/h2-6,13,15H,7-11H2,1H3,(H2,18,23)(H,19,24)(H,20,22). The second kappa shape index (κ2) is 8.44. The third-order valence-electron chi connectivity index (χ3n) is 4.30. The molecule has 0 aliphatic carbocycles. The van der Waals surface area contributed by atoms with Crippen LogP contribution in [0.1, 0.15) is 24.4 Å². The zero-order chi connectivity index (χ0) is 17.5. The second-order valence-electron chi connectivity index (χ2n) is 5.98. The zero-order valence-corrected chi connectivity index (χ0v) is 13.8. The van der Waals surface area contributed by atoms with Gasteiger partial charge in [-0.3, -0.25) is 19.3 Å². The second-order valence-corrected chi connectivity index (χ2v) is 5.98. The maximum atomic E-state index is 12.3. The number of rotatable bonds is 6. The highest BCUT2D eigenvalue weighted by atomic mass is 16.2. The lowest BCUT2D eigenvalue weighted by Crippen LogP contribution is -2.46. The lowest BCUT2D eigenvalue weighted by atomic mass is 9.96. The largest absolute Gasteiger partial charge is 0.369 e. The van der Waals surface area contributed by atoms with Crippen molar-refractivity contribution in [1.82, 2.24) is 15.5 Å². The molecule has 130 valence electrons. The molecule has 0 aromatic heterocycles. The maximum absolute atomic E-state index is 12.3. The minimum Gasteiger partial charge on any atom is -0.369 e. The Morgan fingerprint density at radius 2 is 1.83 bits per heavy atom. The first kappa shape index (κ1) is 17.9. The molecule has 0 saturated carbocycles. The number of likely N-dealkylation sites (tertiary alicyclic amines) is 1. The molecule has 7 heteroatoms. The number of amides is 3. The minimum atomic E-state index is -0.716. The topological polar surface area (TPSA) is 105 Å². The summed E-state index contributed by atoms with van der Waals surface area (Å²) in [5.74, 6) is -0.859. The Labute approximate surface area is 141 Å². The molecule has 1 aliphatic heterocycles. The van der Waals surface area contributed by atoms with Crippen molar-refractivity contribution in [1.29, 1.82) is 0 Å². The summed E-state index contributed by atoms with van der Waals surface area (Å²) in [6.07, 6.45) is 1.33. The molecule has 7 nitrogen and oxygen atoms in total. The monoisotopic (exact) mass is 332 g/mol. The van der Waals surface area contributed by atoms with Gasteiger partial charge < -0.3 is 16.4 Å². The Balaban J connectivity index is 1.92. The summed E-state index contributed by atoms with van der Waals surface area (Å²) in [5.41, 5.74) is 6.05. The molecule has 1 aliphatic rings. The smallest absolute Gasteiger partial charge is 0.246 e. The van der Waals surface area contributed by atoms with Gasteiger partial charge in [0.05, 0.1) is 6.54 Å². The summed E-state index contributed by atoms with van der Waals surface area (Å²) in [6.45, 7) is 1.50. The number of benzene rings is 1. The van der Waals surface area contributed by atoms with Gasteiger partial charge in [-0.25, -0.2) is 0 Å². The third-order valence-corrected chi connectivity index (χ3v) is 4.30. The van der Waals surface area contributed by atoms with Crippen LogP contribution >= 0.6 is 0 Å². The van der Waals surface area contributed by atoms with E-state index in [0.29, 0.717) is 25.9 Å².